The Morgan fingerprint density at radius 3 is 1.53 bits per heavy atom. The molecule has 0 bridgehead atoms. The lowest BCUT2D eigenvalue weighted by Gasteiger charge is -2.19. The van der Waals surface area contributed by atoms with Gasteiger partial charge in [-0.3, -0.25) is 0 Å². The molecule has 0 N–H and O–H groups in total. The molecule has 1 heterocycles. The molecular formula is C48H26S. The van der Waals surface area contributed by atoms with Crippen molar-refractivity contribution in [1.82, 2.24) is 0 Å². The third-order valence-corrected chi connectivity index (χ3v) is 12.3. The molecule has 0 radical (unpaired) electrons. The fourth-order valence-electron chi connectivity index (χ4n) is 9.25. The first kappa shape index (κ1) is 26.0. The van der Waals surface area contributed by atoms with Crippen LogP contribution >= 0.6 is 11.3 Å². The van der Waals surface area contributed by atoms with Crippen molar-refractivity contribution in [2.24, 2.45) is 0 Å². The molecule has 12 aromatic rings. The first-order valence-corrected chi connectivity index (χ1v) is 17.8. The average Bonchev–Trinajstić information content (AvgIpc) is 3.82. The third kappa shape index (κ3) is 3.24. The van der Waals surface area contributed by atoms with Gasteiger partial charge in [-0.15, -0.1) is 11.3 Å². The predicted molar refractivity (Wildman–Crippen MR) is 215 cm³/mol. The minimum absolute atomic E-state index is 1.26. The molecule has 12 rings (SSSR count). The lowest BCUT2D eigenvalue weighted by molar-refractivity contribution is 1.68. The van der Waals surface area contributed by atoms with Crippen LogP contribution < -0.4 is 0 Å². The number of benzene rings is 9. The van der Waals surface area contributed by atoms with Crippen molar-refractivity contribution in [1.29, 1.82) is 0 Å². The molecule has 0 saturated carbocycles. The fourth-order valence-corrected chi connectivity index (χ4v) is 10.5. The summed E-state index contributed by atoms with van der Waals surface area (Å²) in [6.45, 7) is 0. The summed E-state index contributed by atoms with van der Waals surface area (Å²) in [6, 6.07) is 59.2. The summed E-state index contributed by atoms with van der Waals surface area (Å²) in [5, 5.41) is 21.5. The molecule has 49 heavy (non-hydrogen) atoms. The Hall–Kier alpha value is -6.02. The Labute approximate surface area is 285 Å². The van der Waals surface area contributed by atoms with Gasteiger partial charge in [0.05, 0.1) is 0 Å². The molecule has 11 aromatic carbocycles. The molecule has 0 aliphatic rings. The second-order valence-electron chi connectivity index (χ2n) is 13.5. The van der Waals surface area contributed by atoms with Crippen molar-refractivity contribution in [3.8, 4) is 22.3 Å². The van der Waals surface area contributed by atoms with Gasteiger partial charge < -0.3 is 0 Å². The number of thiophene rings is 1. The highest BCUT2D eigenvalue weighted by atomic mass is 32.1. The highest BCUT2D eigenvalue weighted by Gasteiger charge is 2.27. The van der Waals surface area contributed by atoms with Gasteiger partial charge in [0, 0.05) is 25.6 Å². The number of rotatable bonds is 2. The summed E-state index contributed by atoms with van der Waals surface area (Å²) in [7, 11) is 0. The zero-order valence-corrected chi connectivity index (χ0v) is 27.2. The smallest absolute Gasteiger partial charge is 0.0434 e. The molecule has 0 atom stereocenters. The van der Waals surface area contributed by atoms with E-state index in [-0.39, 0.29) is 0 Å². The van der Waals surface area contributed by atoms with E-state index in [2.05, 4.69) is 158 Å². The van der Waals surface area contributed by atoms with Crippen molar-refractivity contribution in [2.45, 2.75) is 0 Å². The van der Waals surface area contributed by atoms with Gasteiger partial charge in [0.2, 0.25) is 0 Å². The van der Waals surface area contributed by atoms with Crippen LogP contribution in [0, 0.1) is 0 Å². The molecule has 1 heteroatoms. The van der Waals surface area contributed by atoms with E-state index in [9.17, 15) is 0 Å². The molecule has 0 saturated heterocycles. The summed E-state index contributed by atoms with van der Waals surface area (Å²) in [4.78, 5) is 0. The van der Waals surface area contributed by atoms with Gasteiger partial charge in [-0.1, -0.05) is 140 Å². The highest BCUT2D eigenvalue weighted by Crippen LogP contribution is 2.56. The van der Waals surface area contributed by atoms with Crippen LogP contribution in [0.15, 0.2) is 158 Å². The molecule has 0 spiro atoms. The van der Waals surface area contributed by atoms with Gasteiger partial charge in [0.25, 0.3) is 0 Å². The summed E-state index contributed by atoms with van der Waals surface area (Å²) in [5.41, 5.74) is 5.18. The van der Waals surface area contributed by atoms with Gasteiger partial charge in [0.15, 0.2) is 0 Å². The topological polar surface area (TPSA) is 0 Å². The van der Waals surface area contributed by atoms with Gasteiger partial charge >= 0.3 is 0 Å². The van der Waals surface area contributed by atoms with E-state index in [4.69, 9.17) is 0 Å². The Balaban J connectivity index is 1.46. The first-order chi connectivity index (χ1) is 24.3. The molecular weight excluding hydrogens is 609 g/mol. The van der Waals surface area contributed by atoms with Crippen molar-refractivity contribution >= 4 is 107 Å². The Kier molecular flexibility index (Phi) is 4.94. The van der Waals surface area contributed by atoms with E-state index in [1.807, 2.05) is 11.3 Å². The third-order valence-electron chi connectivity index (χ3n) is 11.1. The molecule has 0 unspecified atom stereocenters. The van der Waals surface area contributed by atoms with Crippen LogP contribution in [-0.4, -0.2) is 0 Å². The maximum atomic E-state index is 2.53. The number of hydrogen-bond donors (Lipinski definition) is 0. The Morgan fingerprint density at radius 2 is 0.776 bits per heavy atom. The molecule has 0 fully saturated rings. The van der Waals surface area contributed by atoms with E-state index < -0.39 is 0 Å². The highest BCUT2D eigenvalue weighted by molar-refractivity contribution is 7.26. The van der Waals surface area contributed by atoms with Crippen molar-refractivity contribution in [2.75, 3.05) is 0 Å². The minimum Gasteiger partial charge on any atom is -0.135 e. The van der Waals surface area contributed by atoms with Gasteiger partial charge in [-0.25, -0.2) is 0 Å². The number of fused-ring (bicyclic) bond motifs is 12. The largest absolute Gasteiger partial charge is 0.135 e. The maximum Gasteiger partial charge on any atom is 0.0434 e. The quantitative estimate of drug-likeness (QED) is 0.166. The predicted octanol–water partition coefficient (Wildman–Crippen LogP) is 14.3. The maximum absolute atomic E-state index is 2.53. The molecule has 0 aliphatic heterocycles. The summed E-state index contributed by atoms with van der Waals surface area (Å²) < 4.78 is 2.73. The second kappa shape index (κ2) is 9.32. The van der Waals surface area contributed by atoms with Gasteiger partial charge in [-0.2, -0.15) is 0 Å². The molecule has 224 valence electrons. The Morgan fingerprint density at radius 1 is 0.265 bits per heavy atom. The minimum atomic E-state index is 1.26. The van der Waals surface area contributed by atoms with Crippen LogP contribution in [-0.2, 0) is 0 Å². The van der Waals surface area contributed by atoms with Crippen LogP contribution in [0.3, 0.4) is 0 Å². The van der Waals surface area contributed by atoms with Crippen molar-refractivity contribution in [3.63, 3.8) is 0 Å². The van der Waals surface area contributed by atoms with E-state index in [0.717, 1.165) is 0 Å². The zero-order chi connectivity index (χ0) is 31.8. The van der Waals surface area contributed by atoms with E-state index in [0.29, 0.717) is 0 Å². The van der Waals surface area contributed by atoms with Crippen LogP contribution in [0.1, 0.15) is 0 Å². The fraction of sp³-hybridized carbons (Fsp3) is 0. The van der Waals surface area contributed by atoms with Crippen LogP contribution in [0.25, 0.3) is 118 Å². The average molecular weight is 635 g/mol. The molecule has 0 nitrogen and oxygen atoms in total. The van der Waals surface area contributed by atoms with Crippen LogP contribution in [0.2, 0.25) is 0 Å². The molecule has 0 aliphatic carbocycles. The lowest BCUT2D eigenvalue weighted by Crippen LogP contribution is -1.91. The summed E-state index contributed by atoms with van der Waals surface area (Å²) >= 11 is 1.93. The van der Waals surface area contributed by atoms with Crippen molar-refractivity contribution in [3.05, 3.63) is 158 Å². The SMILES string of the molecule is c1ccc(-c2c3cc4c5ccccc5c5cccc(c3c(-c3ccccc3)c3c6cc7c8ccccc8sc7c7cccc(c23)c76)c54)cc1. The van der Waals surface area contributed by atoms with Crippen LogP contribution in [0.4, 0.5) is 0 Å². The normalized spacial score (nSPS) is 12.5. The lowest BCUT2D eigenvalue weighted by atomic mass is 9.84. The van der Waals surface area contributed by atoms with Gasteiger partial charge in [0.1, 0.15) is 0 Å². The van der Waals surface area contributed by atoms with E-state index in [1.165, 1.54) is 118 Å². The van der Waals surface area contributed by atoms with Crippen LogP contribution in [0.5, 0.6) is 0 Å². The number of hydrogen-bond acceptors (Lipinski definition) is 1. The standard InChI is InChI=1S/C48H26S/c1-3-13-27(14-4-1)41-38-25-36-30-18-8-7-17-29(30)32-20-11-21-33(43(32)36)45(38)42(28-15-5-2-6-16-28)47-39-26-37-31-19-9-10-24-40(31)49-48(37)35-23-12-22-34(44(35)39)46(41)47/h1-26H. The van der Waals surface area contributed by atoms with Gasteiger partial charge in [-0.05, 0) is 110 Å². The summed E-state index contributed by atoms with van der Waals surface area (Å²) in [6.07, 6.45) is 0. The second-order valence-corrected chi connectivity index (χ2v) is 14.5. The molecule has 0 amide bonds. The first-order valence-electron chi connectivity index (χ1n) is 17.0. The Bertz CT molecular complexity index is 3290. The monoisotopic (exact) mass is 634 g/mol. The van der Waals surface area contributed by atoms with Crippen molar-refractivity contribution < 1.29 is 0 Å². The summed E-state index contributed by atoms with van der Waals surface area (Å²) in [5.74, 6) is 0. The van der Waals surface area contributed by atoms with E-state index in [1.54, 1.807) is 0 Å². The molecule has 1 aromatic heterocycles. The zero-order valence-electron chi connectivity index (χ0n) is 26.4. The van der Waals surface area contributed by atoms with E-state index >= 15 is 0 Å².